The van der Waals surface area contributed by atoms with Gasteiger partial charge in [0.25, 0.3) is 0 Å². The minimum atomic E-state index is -0.335. The molecule has 7 heteroatoms. The Balaban J connectivity index is 2.35. The van der Waals surface area contributed by atoms with Gasteiger partial charge in [0, 0.05) is 19.3 Å². The topological polar surface area (TPSA) is 35.6 Å². The van der Waals surface area contributed by atoms with Crippen LogP contribution in [0.4, 0.5) is 4.39 Å². The van der Waals surface area contributed by atoms with Crippen LogP contribution in [-0.2, 0) is 12.9 Å². The van der Waals surface area contributed by atoms with Crippen molar-refractivity contribution < 1.29 is 4.39 Å². The van der Waals surface area contributed by atoms with E-state index >= 15 is 0 Å². The summed E-state index contributed by atoms with van der Waals surface area (Å²) in [7, 11) is 1.82. The molecule has 0 N–H and O–H groups in total. The van der Waals surface area contributed by atoms with Gasteiger partial charge in [-0.2, -0.15) is 5.10 Å². The Morgan fingerprint density at radius 1 is 1.42 bits per heavy atom. The first kappa shape index (κ1) is 12.6. The van der Waals surface area contributed by atoms with Crippen LogP contribution in [0.15, 0.2) is 29.0 Å². The smallest absolute Gasteiger partial charge is 0.139 e. The van der Waals surface area contributed by atoms with Crippen LogP contribution >= 0.6 is 27.5 Å². The van der Waals surface area contributed by atoms with Crippen molar-refractivity contribution in [3.8, 4) is 5.69 Å². The van der Waals surface area contributed by atoms with Crippen LogP contribution in [0.3, 0.4) is 0 Å². The molecule has 0 saturated carbocycles. The van der Waals surface area contributed by atoms with Crippen LogP contribution in [0.5, 0.6) is 0 Å². The maximum atomic E-state index is 13.7. The third kappa shape index (κ3) is 2.04. The summed E-state index contributed by atoms with van der Waals surface area (Å²) in [6.45, 7) is 0. The van der Waals surface area contributed by atoms with E-state index in [9.17, 15) is 4.39 Å². The van der Waals surface area contributed by atoms with Gasteiger partial charge in [0.05, 0.1) is 33.3 Å². The minimum Gasteiger partial charge on any atom is -0.292 e. The standard InChI is InChI=1S/C12H9BrClFN4/c1-18-6-7(5-16-18)19-11-3-9(15)8(13)2-10(11)17-12(19)4-14/h2-3,5-6H,4H2,1H3. The normalized spacial score (nSPS) is 11.4. The van der Waals surface area contributed by atoms with Gasteiger partial charge in [-0.1, -0.05) is 0 Å². The molecule has 0 aliphatic rings. The number of benzene rings is 1. The first-order valence-electron chi connectivity index (χ1n) is 5.51. The Hall–Kier alpha value is -1.40. The molecule has 0 aliphatic heterocycles. The Kier molecular flexibility index (Phi) is 3.06. The van der Waals surface area contributed by atoms with Crippen LogP contribution in [0.25, 0.3) is 16.7 Å². The second kappa shape index (κ2) is 4.61. The molecule has 0 atom stereocenters. The fourth-order valence-electron chi connectivity index (χ4n) is 2.02. The van der Waals surface area contributed by atoms with Crippen molar-refractivity contribution in [2.75, 3.05) is 0 Å². The number of fused-ring (bicyclic) bond motifs is 1. The summed E-state index contributed by atoms with van der Waals surface area (Å²) in [4.78, 5) is 4.42. The number of nitrogens with zero attached hydrogens (tertiary/aromatic N) is 4. The number of hydrogen-bond acceptors (Lipinski definition) is 2. The number of halogens is 3. The molecule has 3 rings (SSSR count). The Bertz CT molecular complexity index is 765. The Labute approximate surface area is 121 Å². The van der Waals surface area contributed by atoms with Gasteiger partial charge in [-0.15, -0.1) is 11.6 Å². The molecule has 3 aromatic rings. The van der Waals surface area contributed by atoms with Crippen LogP contribution in [0.2, 0.25) is 0 Å². The molecular formula is C12H9BrClFN4. The van der Waals surface area contributed by atoms with E-state index in [0.717, 1.165) is 5.69 Å². The monoisotopic (exact) mass is 342 g/mol. The van der Waals surface area contributed by atoms with Crippen LogP contribution in [0, 0.1) is 5.82 Å². The number of rotatable bonds is 2. The average molecular weight is 344 g/mol. The van der Waals surface area contributed by atoms with Crippen molar-refractivity contribution in [3.05, 3.63) is 40.6 Å². The molecule has 2 aromatic heterocycles. The first-order valence-corrected chi connectivity index (χ1v) is 6.84. The summed E-state index contributed by atoms with van der Waals surface area (Å²) in [5.41, 5.74) is 2.17. The average Bonchev–Trinajstić information content (AvgIpc) is 2.93. The molecule has 19 heavy (non-hydrogen) atoms. The Morgan fingerprint density at radius 2 is 2.21 bits per heavy atom. The molecule has 0 amide bonds. The van der Waals surface area contributed by atoms with Gasteiger partial charge in [0.2, 0.25) is 0 Å². The van der Waals surface area contributed by atoms with Crippen molar-refractivity contribution >= 4 is 38.6 Å². The summed E-state index contributed by atoms with van der Waals surface area (Å²) in [6.07, 6.45) is 3.52. The molecule has 1 aromatic carbocycles. The lowest BCUT2D eigenvalue weighted by Gasteiger charge is -2.04. The van der Waals surface area contributed by atoms with E-state index in [1.54, 1.807) is 16.9 Å². The first-order chi connectivity index (χ1) is 9.10. The van der Waals surface area contributed by atoms with Gasteiger partial charge >= 0.3 is 0 Å². The van der Waals surface area contributed by atoms with Gasteiger partial charge in [0.15, 0.2) is 0 Å². The molecule has 98 valence electrons. The molecule has 0 fully saturated rings. The van der Waals surface area contributed by atoms with E-state index in [1.165, 1.54) is 6.07 Å². The second-order valence-corrected chi connectivity index (χ2v) is 5.25. The van der Waals surface area contributed by atoms with Crippen molar-refractivity contribution in [1.82, 2.24) is 19.3 Å². The van der Waals surface area contributed by atoms with Crippen LogP contribution in [-0.4, -0.2) is 19.3 Å². The molecule has 0 spiro atoms. The highest BCUT2D eigenvalue weighted by Crippen LogP contribution is 2.27. The van der Waals surface area contributed by atoms with Gasteiger partial charge in [0.1, 0.15) is 11.6 Å². The predicted molar refractivity (Wildman–Crippen MR) is 75.1 cm³/mol. The maximum absolute atomic E-state index is 13.7. The zero-order valence-electron chi connectivity index (χ0n) is 9.94. The second-order valence-electron chi connectivity index (χ2n) is 4.12. The van der Waals surface area contributed by atoms with Crippen molar-refractivity contribution in [1.29, 1.82) is 0 Å². The largest absolute Gasteiger partial charge is 0.292 e. The molecule has 0 bridgehead atoms. The van der Waals surface area contributed by atoms with E-state index < -0.39 is 0 Å². The van der Waals surface area contributed by atoms with E-state index in [0.29, 0.717) is 21.3 Å². The lowest BCUT2D eigenvalue weighted by Crippen LogP contribution is -1.98. The molecule has 4 nitrogen and oxygen atoms in total. The molecule has 0 saturated heterocycles. The number of alkyl halides is 1. The molecule has 0 aliphatic carbocycles. The third-order valence-corrected chi connectivity index (χ3v) is 3.68. The molecular weight excluding hydrogens is 335 g/mol. The van der Waals surface area contributed by atoms with Crippen molar-refractivity contribution in [2.24, 2.45) is 7.05 Å². The quantitative estimate of drug-likeness (QED) is 0.669. The SMILES string of the molecule is Cn1cc(-n2c(CCl)nc3cc(Br)c(F)cc32)cn1. The zero-order chi connectivity index (χ0) is 13.6. The van der Waals surface area contributed by atoms with Gasteiger partial charge < -0.3 is 0 Å². The number of aryl methyl sites for hydroxylation is 1. The molecule has 2 heterocycles. The minimum absolute atomic E-state index is 0.239. The summed E-state index contributed by atoms with van der Waals surface area (Å²) >= 11 is 9.08. The van der Waals surface area contributed by atoms with Gasteiger partial charge in [-0.25, -0.2) is 9.37 Å². The van der Waals surface area contributed by atoms with Gasteiger partial charge in [-0.05, 0) is 22.0 Å². The highest BCUT2D eigenvalue weighted by molar-refractivity contribution is 9.10. The maximum Gasteiger partial charge on any atom is 0.139 e. The van der Waals surface area contributed by atoms with Crippen molar-refractivity contribution in [3.63, 3.8) is 0 Å². The van der Waals surface area contributed by atoms with E-state index in [1.807, 2.05) is 17.8 Å². The van der Waals surface area contributed by atoms with E-state index in [-0.39, 0.29) is 11.7 Å². The van der Waals surface area contributed by atoms with Crippen LogP contribution in [0.1, 0.15) is 5.82 Å². The fraction of sp³-hybridized carbons (Fsp3) is 0.167. The summed E-state index contributed by atoms with van der Waals surface area (Å²) in [5.74, 6) is 0.559. The summed E-state index contributed by atoms with van der Waals surface area (Å²) in [6, 6.07) is 3.09. The highest BCUT2D eigenvalue weighted by atomic mass is 79.9. The number of hydrogen-bond donors (Lipinski definition) is 0. The third-order valence-electron chi connectivity index (χ3n) is 2.83. The molecule has 0 radical (unpaired) electrons. The summed E-state index contributed by atoms with van der Waals surface area (Å²) in [5, 5.41) is 4.12. The fourth-order valence-corrected chi connectivity index (χ4v) is 2.53. The van der Waals surface area contributed by atoms with E-state index in [2.05, 4.69) is 26.0 Å². The lowest BCUT2D eigenvalue weighted by atomic mass is 10.3. The highest BCUT2D eigenvalue weighted by Gasteiger charge is 2.15. The van der Waals surface area contributed by atoms with E-state index in [4.69, 9.17) is 11.6 Å². The van der Waals surface area contributed by atoms with Crippen molar-refractivity contribution in [2.45, 2.75) is 5.88 Å². The number of imidazole rings is 1. The summed E-state index contributed by atoms with van der Waals surface area (Å²) < 4.78 is 17.6. The molecule has 0 unspecified atom stereocenters. The van der Waals surface area contributed by atoms with Crippen LogP contribution < -0.4 is 0 Å². The zero-order valence-corrected chi connectivity index (χ0v) is 12.3. The lowest BCUT2D eigenvalue weighted by molar-refractivity contribution is 0.622. The van der Waals surface area contributed by atoms with Gasteiger partial charge in [-0.3, -0.25) is 9.25 Å². The predicted octanol–water partition coefficient (Wildman–Crippen LogP) is 3.40. The number of aromatic nitrogens is 4. The Morgan fingerprint density at radius 3 is 2.84 bits per heavy atom.